The van der Waals surface area contributed by atoms with E-state index >= 15 is 0 Å². The van der Waals surface area contributed by atoms with E-state index < -0.39 is 11.5 Å². The number of aliphatic carboxylic acids is 1. The summed E-state index contributed by atoms with van der Waals surface area (Å²) in [4.78, 5) is 27.3. The monoisotopic (exact) mass is 270 g/mol. The Morgan fingerprint density at radius 1 is 1.32 bits per heavy atom. The average molecular weight is 270 g/mol. The first-order valence-corrected chi connectivity index (χ1v) is 7.16. The Kier molecular flexibility index (Phi) is 5.20. The third kappa shape index (κ3) is 3.01. The molecule has 19 heavy (non-hydrogen) atoms. The smallest absolute Gasteiger partial charge is 0.329 e. The van der Waals surface area contributed by atoms with Crippen molar-refractivity contribution < 1.29 is 14.7 Å². The van der Waals surface area contributed by atoms with Crippen LogP contribution in [0.1, 0.15) is 52.9 Å². The zero-order valence-corrected chi connectivity index (χ0v) is 12.5. The van der Waals surface area contributed by atoms with Gasteiger partial charge in [-0.3, -0.25) is 0 Å². The van der Waals surface area contributed by atoms with E-state index in [0.717, 1.165) is 25.7 Å². The van der Waals surface area contributed by atoms with Gasteiger partial charge in [-0.25, -0.2) is 9.59 Å². The second-order valence-electron chi connectivity index (χ2n) is 5.55. The zero-order chi connectivity index (χ0) is 14.6. The number of carboxylic acids is 1. The van der Waals surface area contributed by atoms with E-state index in [1.807, 2.05) is 13.8 Å². The number of amides is 2. The summed E-state index contributed by atoms with van der Waals surface area (Å²) in [6, 6.07) is 0.0192. The molecule has 0 aliphatic carbocycles. The number of piperidine rings is 1. The predicted octanol–water partition coefficient (Wildman–Crippen LogP) is 2.56. The minimum atomic E-state index is -1.06. The van der Waals surface area contributed by atoms with Gasteiger partial charge in [0, 0.05) is 19.6 Å². The molecule has 0 aromatic heterocycles. The molecule has 110 valence electrons. The lowest BCUT2D eigenvalue weighted by Gasteiger charge is -2.44. The van der Waals surface area contributed by atoms with Crippen molar-refractivity contribution in [1.82, 2.24) is 9.80 Å². The maximum absolute atomic E-state index is 12.6. The van der Waals surface area contributed by atoms with Crippen LogP contribution in [0.25, 0.3) is 0 Å². The summed E-state index contributed by atoms with van der Waals surface area (Å²) in [5.74, 6) is -0.904. The molecule has 5 nitrogen and oxygen atoms in total. The molecular formula is C14H26N2O3. The van der Waals surface area contributed by atoms with Gasteiger partial charge in [0.15, 0.2) is 0 Å². The Morgan fingerprint density at radius 2 is 1.89 bits per heavy atom. The Hall–Kier alpha value is -1.26. The number of hydrogen-bond acceptors (Lipinski definition) is 2. The number of hydrogen-bond donors (Lipinski definition) is 1. The van der Waals surface area contributed by atoms with Crippen molar-refractivity contribution in [2.24, 2.45) is 0 Å². The third-order valence-electron chi connectivity index (χ3n) is 4.37. The highest BCUT2D eigenvalue weighted by Gasteiger charge is 2.45. The molecule has 1 unspecified atom stereocenters. The molecular weight excluding hydrogens is 244 g/mol. The topological polar surface area (TPSA) is 60.9 Å². The quantitative estimate of drug-likeness (QED) is 0.854. The Labute approximate surface area is 115 Å². The number of carbonyl (C=O) groups is 2. The van der Waals surface area contributed by atoms with Gasteiger partial charge in [-0.1, -0.05) is 13.8 Å². The van der Waals surface area contributed by atoms with Crippen molar-refractivity contribution in [2.45, 2.75) is 64.5 Å². The van der Waals surface area contributed by atoms with E-state index in [0.29, 0.717) is 13.0 Å². The fraction of sp³-hybridized carbons (Fsp3) is 0.857. The molecule has 1 saturated heterocycles. The summed E-state index contributed by atoms with van der Waals surface area (Å²) < 4.78 is 0. The normalized spacial score (nSPS) is 23.5. The lowest BCUT2D eigenvalue weighted by Crippen LogP contribution is -2.61. The molecule has 1 heterocycles. The fourth-order valence-electron chi connectivity index (χ4n) is 2.83. The van der Waals surface area contributed by atoms with Crippen LogP contribution in [0, 0.1) is 0 Å². The molecule has 1 aliphatic rings. The highest BCUT2D eigenvalue weighted by Crippen LogP contribution is 2.29. The van der Waals surface area contributed by atoms with Crippen LogP contribution in [0.3, 0.4) is 0 Å². The van der Waals surface area contributed by atoms with Crippen LogP contribution < -0.4 is 0 Å². The standard InChI is InChI=1S/C14H26N2O3/c1-5-11(6-2)15(4)13(19)16-10-8-7-9-14(16,3)12(17)18/h11H,5-10H2,1-4H3,(H,17,18). The van der Waals surface area contributed by atoms with Crippen molar-refractivity contribution in [2.75, 3.05) is 13.6 Å². The maximum Gasteiger partial charge on any atom is 0.329 e. The highest BCUT2D eigenvalue weighted by atomic mass is 16.4. The van der Waals surface area contributed by atoms with E-state index in [2.05, 4.69) is 0 Å². The van der Waals surface area contributed by atoms with Gasteiger partial charge in [-0.15, -0.1) is 0 Å². The van der Waals surface area contributed by atoms with Gasteiger partial charge in [-0.05, 0) is 39.0 Å². The van der Waals surface area contributed by atoms with Gasteiger partial charge in [0.1, 0.15) is 5.54 Å². The van der Waals surface area contributed by atoms with Crippen LogP contribution in [0.4, 0.5) is 4.79 Å². The first-order valence-electron chi connectivity index (χ1n) is 7.16. The Bertz CT molecular complexity index is 342. The molecule has 1 rings (SSSR count). The van der Waals surface area contributed by atoms with Crippen LogP contribution in [0.2, 0.25) is 0 Å². The number of likely N-dealkylation sites (tertiary alicyclic amines) is 1. The molecule has 0 aromatic carbocycles. The molecule has 1 atom stereocenters. The molecule has 1 fully saturated rings. The largest absolute Gasteiger partial charge is 0.480 e. The Balaban J connectivity index is 2.92. The van der Waals surface area contributed by atoms with Crippen molar-refractivity contribution in [3.8, 4) is 0 Å². The summed E-state index contributed by atoms with van der Waals surface area (Å²) in [6.07, 6.45) is 4.05. The van der Waals surface area contributed by atoms with E-state index in [1.165, 1.54) is 4.90 Å². The molecule has 0 saturated carbocycles. The molecule has 1 aliphatic heterocycles. The molecule has 2 amide bonds. The van der Waals surface area contributed by atoms with Gasteiger partial charge < -0.3 is 14.9 Å². The lowest BCUT2D eigenvalue weighted by atomic mass is 9.88. The van der Waals surface area contributed by atoms with Crippen LogP contribution >= 0.6 is 0 Å². The first kappa shape index (κ1) is 15.8. The number of carbonyl (C=O) groups excluding carboxylic acids is 1. The summed E-state index contributed by atoms with van der Waals surface area (Å²) >= 11 is 0. The first-order chi connectivity index (χ1) is 8.88. The summed E-state index contributed by atoms with van der Waals surface area (Å²) in [5, 5.41) is 9.44. The highest BCUT2D eigenvalue weighted by molar-refractivity contribution is 5.86. The van der Waals surface area contributed by atoms with Gasteiger partial charge in [0.25, 0.3) is 0 Å². The lowest BCUT2D eigenvalue weighted by molar-refractivity contribution is -0.150. The third-order valence-corrected chi connectivity index (χ3v) is 4.37. The van der Waals surface area contributed by atoms with Gasteiger partial charge in [0.2, 0.25) is 0 Å². The molecule has 0 radical (unpaired) electrons. The zero-order valence-electron chi connectivity index (χ0n) is 12.5. The van der Waals surface area contributed by atoms with E-state index in [1.54, 1.807) is 18.9 Å². The fourth-order valence-corrected chi connectivity index (χ4v) is 2.83. The summed E-state index contributed by atoms with van der Waals surface area (Å²) in [7, 11) is 1.77. The summed E-state index contributed by atoms with van der Waals surface area (Å²) in [5.41, 5.74) is -1.06. The van der Waals surface area contributed by atoms with E-state index in [-0.39, 0.29) is 12.1 Å². The number of nitrogens with zero attached hydrogens (tertiary/aromatic N) is 2. The SMILES string of the molecule is CCC(CC)N(C)C(=O)N1CCCCC1(C)C(=O)O. The predicted molar refractivity (Wildman–Crippen MR) is 74.1 cm³/mol. The maximum atomic E-state index is 12.6. The van der Waals surface area contributed by atoms with Gasteiger partial charge >= 0.3 is 12.0 Å². The Morgan fingerprint density at radius 3 is 2.37 bits per heavy atom. The van der Waals surface area contributed by atoms with E-state index in [4.69, 9.17) is 0 Å². The van der Waals surface area contributed by atoms with Crippen molar-refractivity contribution >= 4 is 12.0 Å². The van der Waals surface area contributed by atoms with Crippen LogP contribution in [-0.4, -0.2) is 52.1 Å². The average Bonchev–Trinajstić information content (AvgIpc) is 2.39. The molecule has 5 heteroatoms. The second kappa shape index (κ2) is 6.26. The molecule has 0 aromatic rings. The molecule has 1 N–H and O–H groups in total. The number of rotatable bonds is 4. The van der Waals surface area contributed by atoms with Crippen molar-refractivity contribution in [3.05, 3.63) is 0 Å². The van der Waals surface area contributed by atoms with E-state index in [9.17, 15) is 14.7 Å². The minimum absolute atomic E-state index is 0.154. The number of urea groups is 1. The van der Waals surface area contributed by atoms with Crippen LogP contribution in [-0.2, 0) is 4.79 Å². The molecule has 0 bridgehead atoms. The van der Waals surface area contributed by atoms with Gasteiger partial charge in [-0.2, -0.15) is 0 Å². The second-order valence-corrected chi connectivity index (χ2v) is 5.55. The van der Waals surface area contributed by atoms with Crippen molar-refractivity contribution in [3.63, 3.8) is 0 Å². The van der Waals surface area contributed by atoms with Crippen LogP contribution in [0.15, 0.2) is 0 Å². The minimum Gasteiger partial charge on any atom is -0.480 e. The van der Waals surface area contributed by atoms with Crippen molar-refractivity contribution in [1.29, 1.82) is 0 Å². The number of carboxylic acid groups (broad SMARTS) is 1. The van der Waals surface area contributed by atoms with Crippen LogP contribution in [0.5, 0.6) is 0 Å². The van der Waals surface area contributed by atoms with Gasteiger partial charge in [0.05, 0.1) is 0 Å². The summed E-state index contributed by atoms with van der Waals surface area (Å²) in [6.45, 7) is 6.29. The molecule has 0 spiro atoms.